The number of likely N-dealkylation sites (tertiary alicyclic amines) is 1. The molecule has 3 rings (SSSR count). The van der Waals surface area contributed by atoms with Crippen LogP contribution in [0.5, 0.6) is 0 Å². The predicted molar refractivity (Wildman–Crippen MR) is 96.1 cm³/mol. The molecular weight excluding hydrogens is 288 g/mol. The molecule has 0 radical (unpaired) electrons. The van der Waals surface area contributed by atoms with Gasteiger partial charge in [-0.15, -0.1) is 0 Å². The largest absolute Gasteiger partial charge is 0.297 e. The molecule has 1 aromatic heterocycles. The van der Waals surface area contributed by atoms with Crippen LogP contribution in [0.1, 0.15) is 36.9 Å². The van der Waals surface area contributed by atoms with E-state index in [1.54, 1.807) is 0 Å². The Balaban J connectivity index is 1.80. The van der Waals surface area contributed by atoms with Gasteiger partial charge in [-0.1, -0.05) is 24.3 Å². The van der Waals surface area contributed by atoms with Crippen molar-refractivity contribution < 1.29 is 0 Å². The third-order valence-corrected chi connectivity index (χ3v) is 5.11. The Morgan fingerprint density at radius 1 is 1.18 bits per heavy atom. The lowest BCUT2D eigenvalue weighted by atomic mass is 10.0. The summed E-state index contributed by atoms with van der Waals surface area (Å²) in [5.74, 6) is 1.03. The first-order valence-corrected chi connectivity index (χ1v) is 9.45. The van der Waals surface area contributed by atoms with Gasteiger partial charge in [0.2, 0.25) is 0 Å². The van der Waals surface area contributed by atoms with Gasteiger partial charge in [-0.2, -0.15) is 11.8 Å². The zero-order valence-electron chi connectivity index (χ0n) is 13.5. The van der Waals surface area contributed by atoms with Crippen LogP contribution in [0, 0.1) is 0 Å². The van der Waals surface area contributed by atoms with Crippen molar-refractivity contribution >= 4 is 11.8 Å². The molecule has 1 aromatic carbocycles. The second-order valence-corrected chi connectivity index (χ2v) is 6.90. The van der Waals surface area contributed by atoms with Crippen molar-refractivity contribution in [2.24, 2.45) is 0 Å². The summed E-state index contributed by atoms with van der Waals surface area (Å²) in [6.07, 6.45) is 6.80. The Hall–Kier alpha value is -1.32. The van der Waals surface area contributed by atoms with Crippen LogP contribution in [0.3, 0.4) is 0 Å². The minimum Gasteiger partial charge on any atom is -0.297 e. The Bertz CT molecular complexity index is 603. The van der Waals surface area contributed by atoms with Gasteiger partial charge >= 0.3 is 0 Å². The van der Waals surface area contributed by atoms with E-state index >= 15 is 0 Å². The monoisotopic (exact) mass is 312 g/mol. The molecule has 0 spiro atoms. The van der Waals surface area contributed by atoms with Crippen LogP contribution in [0.25, 0.3) is 11.3 Å². The van der Waals surface area contributed by atoms with Crippen LogP contribution >= 0.6 is 11.8 Å². The fourth-order valence-electron chi connectivity index (χ4n) is 3.14. The maximum absolute atomic E-state index is 4.64. The smallest absolute Gasteiger partial charge is 0.0702 e. The van der Waals surface area contributed by atoms with Crippen molar-refractivity contribution in [1.82, 2.24) is 9.88 Å². The van der Waals surface area contributed by atoms with Crippen molar-refractivity contribution in [2.75, 3.05) is 19.3 Å². The normalized spacial score (nSPS) is 16.8. The molecule has 1 aliphatic heterocycles. The van der Waals surface area contributed by atoms with E-state index in [0.29, 0.717) is 6.04 Å². The van der Waals surface area contributed by atoms with Gasteiger partial charge in [0.15, 0.2) is 0 Å². The number of rotatable bonds is 5. The third-order valence-electron chi connectivity index (χ3n) is 4.49. The number of pyridine rings is 1. The molecule has 2 heterocycles. The average Bonchev–Trinajstić information content (AvgIpc) is 3.10. The zero-order chi connectivity index (χ0) is 15.4. The summed E-state index contributed by atoms with van der Waals surface area (Å²) >= 11 is 1.83. The molecule has 1 saturated heterocycles. The lowest BCUT2D eigenvalue weighted by molar-refractivity contribution is 0.263. The Kier molecular flexibility index (Phi) is 5.16. The predicted octanol–water partition coefficient (Wildman–Crippen LogP) is 4.77. The van der Waals surface area contributed by atoms with E-state index in [9.17, 15) is 0 Å². The van der Waals surface area contributed by atoms with Crippen LogP contribution in [0.4, 0.5) is 0 Å². The van der Waals surface area contributed by atoms with E-state index in [0.717, 1.165) is 11.4 Å². The van der Waals surface area contributed by atoms with Gasteiger partial charge in [0.05, 0.1) is 5.69 Å². The number of thioether (sulfide) groups is 1. The van der Waals surface area contributed by atoms with Crippen LogP contribution in [-0.2, 0) is 5.75 Å². The van der Waals surface area contributed by atoms with E-state index in [1.807, 2.05) is 18.0 Å². The molecule has 2 nitrogen and oxygen atoms in total. The number of hydrogen-bond acceptors (Lipinski definition) is 3. The Morgan fingerprint density at radius 3 is 2.68 bits per heavy atom. The molecule has 3 heteroatoms. The average molecular weight is 312 g/mol. The third kappa shape index (κ3) is 3.53. The fraction of sp³-hybridized carbons (Fsp3) is 0.421. The molecular formula is C19H24N2S. The molecule has 22 heavy (non-hydrogen) atoms. The first-order chi connectivity index (χ1) is 10.8. The molecule has 1 aliphatic rings. The van der Waals surface area contributed by atoms with Crippen LogP contribution in [0.2, 0.25) is 0 Å². The first kappa shape index (κ1) is 15.6. The number of aromatic nitrogens is 1. The van der Waals surface area contributed by atoms with Crippen molar-refractivity contribution in [3.05, 3.63) is 53.7 Å². The molecule has 0 N–H and O–H groups in total. The summed E-state index contributed by atoms with van der Waals surface area (Å²) in [5.41, 5.74) is 4.98. The van der Waals surface area contributed by atoms with Crippen molar-refractivity contribution in [3.8, 4) is 11.3 Å². The number of benzene rings is 1. The van der Waals surface area contributed by atoms with Gasteiger partial charge < -0.3 is 0 Å². The molecule has 0 aliphatic carbocycles. The molecule has 1 atom stereocenters. The van der Waals surface area contributed by atoms with Crippen LogP contribution in [0.15, 0.2) is 42.6 Å². The van der Waals surface area contributed by atoms with E-state index < -0.39 is 0 Å². The summed E-state index contributed by atoms with van der Waals surface area (Å²) < 4.78 is 0. The topological polar surface area (TPSA) is 16.1 Å². The second-order valence-electron chi connectivity index (χ2n) is 6.03. The minimum atomic E-state index is 0.498. The molecule has 116 valence electrons. The van der Waals surface area contributed by atoms with E-state index in [1.165, 1.54) is 42.6 Å². The zero-order valence-corrected chi connectivity index (χ0v) is 14.3. The van der Waals surface area contributed by atoms with Crippen molar-refractivity contribution in [1.29, 1.82) is 0 Å². The van der Waals surface area contributed by atoms with Crippen LogP contribution in [-0.4, -0.2) is 29.2 Å². The lowest BCUT2D eigenvalue weighted by Gasteiger charge is -2.24. The summed E-state index contributed by atoms with van der Waals surface area (Å²) in [4.78, 5) is 7.22. The van der Waals surface area contributed by atoms with Gasteiger partial charge in [0.1, 0.15) is 0 Å². The number of nitrogens with zero attached hydrogens (tertiary/aromatic N) is 2. The maximum Gasteiger partial charge on any atom is 0.0702 e. The van der Waals surface area contributed by atoms with Crippen LogP contribution < -0.4 is 0 Å². The second kappa shape index (κ2) is 7.30. The Morgan fingerprint density at radius 2 is 2.00 bits per heavy atom. The summed E-state index contributed by atoms with van der Waals surface area (Å²) in [7, 11) is 0. The maximum atomic E-state index is 4.64. The lowest BCUT2D eigenvalue weighted by Crippen LogP contribution is -2.23. The first-order valence-electron chi connectivity index (χ1n) is 8.06. The molecule has 2 aromatic rings. The SMILES string of the molecule is CSCc1ccc(-c2cccc(C(C)N3CCCC3)c2)nc1. The molecule has 0 saturated carbocycles. The highest BCUT2D eigenvalue weighted by molar-refractivity contribution is 7.97. The highest BCUT2D eigenvalue weighted by Crippen LogP contribution is 2.27. The summed E-state index contributed by atoms with van der Waals surface area (Å²) in [5, 5.41) is 0. The van der Waals surface area contributed by atoms with E-state index in [-0.39, 0.29) is 0 Å². The van der Waals surface area contributed by atoms with Gasteiger partial charge in [-0.3, -0.25) is 9.88 Å². The highest BCUT2D eigenvalue weighted by Gasteiger charge is 2.19. The van der Waals surface area contributed by atoms with E-state index in [4.69, 9.17) is 0 Å². The van der Waals surface area contributed by atoms with Gasteiger partial charge in [0.25, 0.3) is 0 Å². The summed E-state index contributed by atoms with van der Waals surface area (Å²) in [6, 6.07) is 13.7. The Labute approximate surface area is 138 Å². The standard InChI is InChI=1S/C19H24N2S/c1-15(21-10-3-4-11-21)17-6-5-7-18(12-17)19-9-8-16(13-20-19)14-22-2/h5-9,12-13,15H,3-4,10-11,14H2,1-2H3. The molecule has 0 amide bonds. The molecule has 0 bridgehead atoms. The van der Waals surface area contributed by atoms with Gasteiger partial charge in [0, 0.05) is 23.6 Å². The highest BCUT2D eigenvalue weighted by atomic mass is 32.2. The fourth-order valence-corrected chi connectivity index (χ4v) is 3.65. The number of hydrogen-bond donors (Lipinski definition) is 0. The summed E-state index contributed by atoms with van der Waals surface area (Å²) in [6.45, 7) is 4.78. The van der Waals surface area contributed by atoms with Gasteiger partial charge in [-0.05, 0) is 62.4 Å². The molecule has 1 unspecified atom stereocenters. The molecule has 1 fully saturated rings. The van der Waals surface area contributed by atoms with Crippen molar-refractivity contribution in [3.63, 3.8) is 0 Å². The quantitative estimate of drug-likeness (QED) is 0.791. The van der Waals surface area contributed by atoms with E-state index in [2.05, 4.69) is 59.5 Å². The van der Waals surface area contributed by atoms with Gasteiger partial charge in [-0.25, -0.2) is 0 Å². The van der Waals surface area contributed by atoms with Crippen molar-refractivity contribution in [2.45, 2.75) is 31.6 Å². The minimum absolute atomic E-state index is 0.498.